The molecule has 0 aliphatic carbocycles. The number of nitrogens with zero attached hydrogens (tertiary/aromatic N) is 1. The lowest BCUT2D eigenvalue weighted by atomic mass is 9.96. The van der Waals surface area contributed by atoms with Crippen molar-refractivity contribution in [2.24, 2.45) is 11.0 Å². The van der Waals surface area contributed by atoms with Gasteiger partial charge in [0.2, 0.25) is 5.91 Å². The van der Waals surface area contributed by atoms with E-state index in [1.54, 1.807) is 26.0 Å². The summed E-state index contributed by atoms with van der Waals surface area (Å²) in [5.74, 6) is 1.63. The van der Waals surface area contributed by atoms with E-state index in [2.05, 4.69) is 10.5 Å². The molecule has 2 rings (SSSR count). The van der Waals surface area contributed by atoms with E-state index < -0.39 is 0 Å². The highest BCUT2D eigenvalue weighted by atomic mass is 32.2. The molecule has 0 spiro atoms. The van der Waals surface area contributed by atoms with Gasteiger partial charge in [-0.3, -0.25) is 4.79 Å². The Morgan fingerprint density at radius 2 is 1.96 bits per heavy atom. The number of thioether (sulfide) groups is 1. The third kappa shape index (κ3) is 3.88. The molecule has 6 heteroatoms. The van der Waals surface area contributed by atoms with Crippen molar-refractivity contribution in [2.45, 2.75) is 25.2 Å². The van der Waals surface area contributed by atoms with E-state index in [0.29, 0.717) is 6.42 Å². The van der Waals surface area contributed by atoms with E-state index in [1.165, 1.54) is 0 Å². The number of allylic oxidation sites excluding steroid dienone is 2. The van der Waals surface area contributed by atoms with E-state index in [0.717, 1.165) is 33.2 Å². The summed E-state index contributed by atoms with van der Waals surface area (Å²) in [4.78, 5) is 12.3. The lowest BCUT2D eigenvalue weighted by Gasteiger charge is -2.18. The third-order valence-electron chi connectivity index (χ3n) is 3.79. The first kappa shape index (κ1) is 17.4. The monoisotopic (exact) mass is 334 g/mol. The number of benzene rings is 1. The zero-order chi connectivity index (χ0) is 17.0. The van der Waals surface area contributed by atoms with Gasteiger partial charge in [0.1, 0.15) is 11.5 Å². The Hall–Kier alpha value is -1.95. The molecule has 1 aliphatic rings. The summed E-state index contributed by atoms with van der Waals surface area (Å²) in [5, 5.41) is 4.15. The summed E-state index contributed by atoms with van der Waals surface area (Å²) in [6.07, 6.45) is 4.45. The number of methoxy groups -OCH3 is 2. The van der Waals surface area contributed by atoms with Crippen molar-refractivity contribution in [1.29, 1.82) is 0 Å². The minimum Gasteiger partial charge on any atom is -0.495 e. The Bertz CT molecular complexity index is 643. The lowest BCUT2D eigenvalue weighted by molar-refractivity contribution is -0.121. The summed E-state index contributed by atoms with van der Waals surface area (Å²) in [5.41, 5.74) is 5.44. The van der Waals surface area contributed by atoms with Crippen LogP contribution in [0, 0.1) is 5.92 Å². The Morgan fingerprint density at radius 1 is 1.35 bits per heavy atom. The molecule has 0 saturated carbocycles. The molecule has 0 fully saturated rings. The van der Waals surface area contributed by atoms with Crippen LogP contribution in [0.15, 0.2) is 28.2 Å². The van der Waals surface area contributed by atoms with Gasteiger partial charge in [0.05, 0.1) is 24.8 Å². The molecule has 1 N–H and O–H groups in total. The van der Waals surface area contributed by atoms with Gasteiger partial charge < -0.3 is 9.47 Å². The fourth-order valence-electron chi connectivity index (χ4n) is 2.45. The van der Waals surface area contributed by atoms with Crippen LogP contribution in [0.1, 0.15) is 25.8 Å². The molecule has 1 amide bonds. The molecular formula is C17H22N2O3S. The molecule has 1 unspecified atom stereocenters. The van der Waals surface area contributed by atoms with Gasteiger partial charge in [0, 0.05) is 12.3 Å². The van der Waals surface area contributed by atoms with Crippen LogP contribution in [0.4, 0.5) is 0 Å². The number of hydrogen-bond donors (Lipinski definition) is 1. The van der Waals surface area contributed by atoms with Gasteiger partial charge in [-0.05, 0) is 42.5 Å². The summed E-state index contributed by atoms with van der Waals surface area (Å²) >= 11 is 1.59. The van der Waals surface area contributed by atoms with Gasteiger partial charge in [-0.2, -0.15) is 5.10 Å². The van der Waals surface area contributed by atoms with E-state index in [1.807, 2.05) is 38.3 Å². The average Bonchev–Trinajstić information content (AvgIpc) is 2.55. The van der Waals surface area contributed by atoms with E-state index >= 15 is 0 Å². The molecule has 1 aliphatic heterocycles. The van der Waals surface area contributed by atoms with Crippen molar-refractivity contribution in [2.75, 3.05) is 20.5 Å². The average molecular weight is 334 g/mol. The SMILES string of the molecule is COc1cc(C(C)=CC2=NNC(=O)CC2C)cc(OC)c1SC. The van der Waals surface area contributed by atoms with Gasteiger partial charge >= 0.3 is 0 Å². The van der Waals surface area contributed by atoms with E-state index in [9.17, 15) is 4.79 Å². The maximum Gasteiger partial charge on any atom is 0.240 e. The fourth-order valence-corrected chi connectivity index (χ4v) is 3.14. The van der Waals surface area contributed by atoms with Crippen LogP contribution >= 0.6 is 11.8 Å². The van der Waals surface area contributed by atoms with Crippen LogP contribution in [-0.4, -0.2) is 32.1 Å². The quantitative estimate of drug-likeness (QED) is 0.839. The molecule has 1 atom stereocenters. The van der Waals surface area contributed by atoms with Crippen LogP contribution in [0.5, 0.6) is 11.5 Å². The normalized spacial score (nSPS) is 18.3. The number of ether oxygens (including phenoxy) is 2. The Labute approximate surface area is 141 Å². The second-order valence-electron chi connectivity index (χ2n) is 5.42. The van der Waals surface area contributed by atoms with Gasteiger partial charge in [-0.25, -0.2) is 5.43 Å². The molecule has 0 bridgehead atoms. The maximum absolute atomic E-state index is 11.3. The Kier molecular flexibility index (Phi) is 5.71. The minimum absolute atomic E-state index is 0.0417. The van der Waals surface area contributed by atoms with Gasteiger partial charge in [-0.1, -0.05) is 6.92 Å². The molecule has 1 heterocycles. The second-order valence-corrected chi connectivity index (χ2v) is 6.23. The highest BCUT2D eigenvalue weighted by molar-refractivity contribution is 7.98. The highest BCUT2D eigenvalue weighted by Crippen LogP contribution is 2.39. The molecule has 1 aromatic carbocycles. The predicted octanol–water partition coefficient (Wildman–Crippen LogP) is 3.34. The highest BCUT2D eigenvalue weighted by Gasteiger charge is 2.19. The zero-order valence-electron chi connectivity index (χ0n) is 14.1. The smallest absolute Gasteiger partial charge is 0.240 e. The van der Waals surface area contributed by atoms with Gasteiger partial charge in [0.15, 0.2) is 0 Å². The lowest BCUT2D eigenvalue weighted by Crippen LogP contribution is -2.30. The predicted molar refractivity (Wildman–Crippen MR) is 94.3 cm³/mol. The summed E-state index contributed by atoms with van der Waals surface area (Å²) < 4.78 is 11.0. The maximum atomic E-state index is 11.3. The van der Waals surface area contributed by atoms with Crippen molar-refractivity contribution >= 4 is 29.0 Å². The molecule has 0 aromatic heterocycles. The van der Waals surface area contributed by atoms with Crippen molar-refractivity contribution in [3.8, 4) is 11.5 Å². The number of carbonyl (C=O) groups is 1. The molecule has 0 radical (unpaired) electrons. The Balaban J connectivity index is 2.41. The van der Waals surface area contributed by atoms with Crippen molar-refractivity contribution in [3.63, 3.8) is 0 Å². The number of amides is 1. The fraction of sp³-hybridized carbons (Fsp3) is 0.412. The zero-order valence-corrected chi connectivity index (χ0v) is 14.9. The molecule has 23 heavy (non-hydrogen) atoms. The number of carbonyl (C=O) groups excluding carboxylic acids is 1. The summed E-state index contributed by atoms with van der Waals surface area (Å²) in [7, 11) is 3.31. The first-order valence-corrected chi connectivity index (χ1v) is 8.57. The number of nitrogens with one attached hydrogen (secondary N) is 1. The van der Waals surface area contributed by atoms with Crippen LogP contribution in [0.3, 0.4) is 0 Å². The van der Waals surface area contributed by atoms with Gasteiger partial charge in [0.25, 0.3) is 0 Å². The molecule has 1 aromatic rings. The van der Waals surface area contributed by atoms with Crippen LogP contribution in [0.25, 0.3) is 5.57 Å². The molecule has 0 saturated heterocycles. The van der Waals surface area contributed by atoms with Gasteiger partial charge in [-0.15, -0.1) is 11.8 Å². The van der Waals surface area contributed by atoms with Crippen LogP contribution in [-0.2, 0) is 4.79 Å². The third-order valence-corrected chi connectivity index (χ3v) is 4.60. The largest absolute Gasteiger partial charge is 0.495 e. The summed E-state index contributed by atoms with van der Waals surface area (Å²) in [6, 6.07) is 3.99. The van der Waals surface area contributed by atoms with E-state index in [-0.39, 0.29) is 11.8 Å². The number of hydrazone groups is 1. The Morgan fingerprint density at radius 3 is 2.43 bits per heavy atom. The molecule has 124 valence electrons. The van der Waals surface area contributed by atoms with Crippen molar-refractivity contribution < 1.29 is 14.3 Å². The van der Waals surface area contributed by atoms with Crippen molar-refractivity contribution in [3.05, 3.63) is 23.8 Å². The van der Waals surface area contributed by atoms with Crippen LogP contribution in [0.2, 0.25) is 0 Å². The number of rotatable bonds is 5. The standard InChI is InChI=1S/C17H22N2O3S/c1-10(6-13-11(2)7-16(20)19-18-13)12-8-14(21-3)17(23-5)15(9-12)22-4/h6,8-9,11H,7H2,1-5H3,(H,19,20). The summed E-state index contributed by atoms with van der Waals surface area (Å²) in [6.45, 7) is 4.01. The second kappa shape index (κ2) is 7.55. The van der Waals surface area contributed by atoms with Crippen LogP contribution < -0.4 is 14.9 Å². The first-order valence-electron chi connectivity index (χ1n) is 7.35. The van der Waals surface area contributed by atoms with Crippen molar-refractivity contribution in [1.82, 2.24) is 5.43 Å². The first-order chi connectivity index (χ1) is 11.0. The minimum atomic E-state index is -0.0417. The topological polar surface area (TPSA) is 59.9 Å². The molecule has 5 nitrogen and oxygen atoms in total. The number of hydrogen-bond acceptors (Lipinski definition) is 5. The molecular weight excluding hydrogens is 312 g/mol. The van der Waals surface area contributed by atoms with E-state index in [4.69, 9.17) is 9.47 Å².